The predicted octanol–water partition coefficient (Wildman–Crippen LogP) is 2.63. The third-order valence-corrected chi connectivity index (χ3v) is 6.02. The molecule has 128 valence electrons. The molecule has 24 heavy (non-hydrogen) atoms. The molecule has 1 aromatic carbocycles. The Labute approximate surface area is 140 Å². The molecule has 1 amide bonds. The molecule has 1 aromatic rings. The Kier molecular flexibility index (Phi) is 3.44. The van der Waals surface area contributed by atoms with Gasteiger partial charge < -0.3 is 19.9 Å². The van der Waals surface area contributed by atoms with Crippen molar-refractivity contribution in [1.29, 1.82) is 0 Å². The monoisotopic (exact) mass is 331 g/mol. The van der Waals surface area contributed by atoms with Gasteiger partial charge in [0.25, 0.3) is 0 Å². The zero-order valence-electron chi connectivity index (χ0n) is 13.7. The third kappa shape index (κ3) is 2.24. The average Bonchev–Trinajstić information content (AvgIpc) is 3.17. The van der Waals surface area contributed by atoms with Crippen LogP contribution in [0.2, 0.25) is 0 Å². The average molecular weight is 331 g/mol. The van der Waals surface area contributed by atoms with Gasteiger partial charge in [-0.3, -0.25) is 4.79 Å². The van der Waals surface area contributed by atoms with E-state index >= 15 is 0 Å². The number of rotatable bonds is 5. The number of carboxylic acid groups (broad SMARTS) is 1. The van der Waals surface area contributed by atoms with Gasteiger partial charge in [0.1, 0.15) is 0 Å². The third-order valence-electron chi connectivity index (χ3n) is 6.02. The molecule has 0 spiro atoms. The second-order valence-electron chi connectivity index (χ2n) is 7.12. The molecule has 3 saturated carbocycles. The summed E-state index contributed by atoms with van der Waals surface area (Å²) in [4.78, 5) is 24.1. The summed E-state index contributed by atoms with van der Waals surface area (Å²) in [6, 6.07) is 2.82. The van der Waals surface area contributed by atoms with Crippen LogP contribution in [0.5, 0.6) is 11.5 Å². The lowest BCUT2D eigenvalue weighted by Crippen LogP contribution is -2.28. The molecule has 5 unspecified atom stereocenters. The number of amides is 1. The number of nitrogens with one attached hydrogen (secondary N) is 1. The molecule has 2 bridgehead atoms. The summed E-state index contributed by atoms with van der Waals surface area (Å²) in [6.07, 6.45) is 3.41. The van der Waals surface area contributed by atoms with Gasteiger partial charge in [0.2, 0.25) is 5.91 Å². The molecule has 5 atom stereocenters. The molecule has 0 saturated heterocycles. The molecule has 0 aromatic heterocycles. The van der Waals surface area contributed by atoms with Crippen LogP contribution in [0.15, 0.2) is 12.1 Å². The first-order chi connectivity index (χ1) is 11.5. The number of carboxylic acids is 1. The number of fused-ring (bicyclic) bond motifs is 5. The second kappa shape index (κ2) is 5.40. The van der Waals surface area contributed by atoms with Gasteiger partial charge in [-0.2, -0.15) is 0 Å². The van der Waals surface area contributed by atoms with E-state index in [2.05, 4.69) is 5.32 Å². The highest BCUT2D eigenvalue weighted by Gasteiger charge is 2.62. The highest BCUT2D eigenvalue weighted by molar-refractivity contribution is 5.98. The van der Waals surface area contributed by atoms with Crippen LogP contribution in [-0.2, 0) is 4.79 Å². The number of carbonyl (C=O) groups is 2. The van der Waals surface area contributed by atoms with E-state index in [4.69, 9.17) is 9.47 Å². The van der Waals surface area contributed by atoms with Crippen molar-refractivity contribution in [2.24, 2.45) is 29.6 Å². The zero-order valence-corrected chi connectivity index (χ0v) is 13.7. The minimum absolute atomic E-state index is 0.0305. The van der Waals surface area contributed by atoms with Crippen LogP contribution >= 0.6 is 0 Å². The fourth-order valence-corrected chi connectivity index (χ4v) is 4.91. The molecular weight excluding hydrogens is 310 g/mol. The standard InChI is InChI=1S/C18H21NO5/c1-23-15-6-9(18(21)22)5-14(16(15)24-2)19-17(20)13-4-8-3-11(13)12-7-10(8)12/h5-6,8,10-13H,3-4,7H2,1-2H3,(H,19,20)(H,21,22). The van der Waals surface area contributed by atoms with Crippen LogP contribution < -0.4 is 14.8 Å². The van der Waals surface area contributed by atoms with Crippen LogP contribution in [0, 0.1) is 29.6 Å². The number of hydrogen-bond acceptors (Lipinski definition) is 4. The maximum absolute atomic E-state index is 12.8. The van der Waals surface area contributed by atoms with Crippen molar-refractivity contribution >= 4 is 17.6 Å². The number of methoxy groups -OCH3 is 2. The molecule has 0 aliphatic heterocycles. The van der Waals surface area contributed by atoms with Crippen LogP contribution in [0.4, 0.5) is 5.69 Å². The molecule has 3 fully saturated rings. The number of ether oxygens (including phenoxy) is 2. The van der Waals surface area contributed by atoms with E-state index in [9.17, 15) is 14.7 Å². The molecule has 0 heterocycles. The summed E-state index contributed by atoms with van der Waals surface area (Å²) in [5.74, 6) is 2.37. The summed E-state index contributed by atoms with van der Waals surface area (Å²) < 4.78 is 10.5. The number of hydrogen-bond donors (Lipinski definition) is 2. The van der Waals surface area contributed by atoms with E-state index in [1.807, 2.05) is 0 Å². The number of benzene rings is 1. The van der Waals surface area contributed by atoms with E-state index in [1.165, 1.54) is 39.2 Å². The lowest BCUT2D eigenvalue weighted by atomic mass is 9.88. The lowest BCUT2D eigenvalue weighted by molar-refractivity contribution is -0.121. The van der Waals surface area contributed by atoms with Gasteiger partial charge in [-0.1, -0.05) is 0 Å². The van der Waals surface area contributed by atoms with E-state index in [-0.39, 0.29) is 17.4 Å². The summed E-state index contributed by atoms with van der Waals surface area (Å²) in [5, 5.41) is 12.1. The van der Waals surface area contributed by atoms with Crippen molar-refractivity contribution < 1.29 is 24.2 Å². The van der Waals surface area contributed by atoms with E-state index in [1.54, 1.807) is 0 Å². The maximum atomic E-state index is 12.8. The maximum Gasteiger partial charge on any atom is 0.335 e. The fourth-order valence-electron chi connectivity index (χ4n) is 4.91. The van der Waals surface area contributed by atoms with Crippen molar-refractivity contribution in [2.75, 3.05) is 19.5 Å². The van der Waals surface area contributed by atoms with Gasteiger partial charge in [-0.05, 0) is 55.1 Å². The Balaban J connectivity index is 1.60. The number of anilines is 1. The van der Waals surface area contributed by atoms with Crippen LogP contribution in [0.25, 0.3) is 0 Å². The Morgan fingerprint density at radius 3 is 2.46 bits per heavy atom. The molecule has 6 nitrogen and oxygen atoms in total. The Hall–Kier alpha value is -2.24. The molecule has 6 heteroatoms. The number of carbonyl (C=O) groups excluding carboxylic acids is 1. The smallest absolute Gasteiger partial charge is 0.335 e. The highest BCUT2D eigenvalue weighted by atomic mass is 16.5. The van der Waals surface area contributed by atoms with Crippen molar-refractivity contribution in [1.82, 2.24) is 0 Å². The molecule has 3 aliphatic carbocycles. The van der Waals surface area contributed by atoms with Crippen LogP contribution in [0.3, 0.4) is 0 Å². The molecular formula is C18H21NO5. The van der Waals surface area contributed by atoms with Crippen molar-refractivity contribution in [3.63, 3.8) is 0 Å². The summed E-state index contributed by atoms with van der Waals surface area (Å²) in [5.41, 5.74) is 0.410. The largest absolute Gasteiger partial charge is 0.493 e. The molecule has 4 rings (SSSR count). The zero-order chi connectivity index (χ0) is 17.0. The van der Waals surface area contributed by atoms with E-state index in [0.29, 0.717) is 29.0 Å². The van der Waals surface area contributed by atoms with Gasteiger partial charge >= 0.3 is 5.97 Å². The van der Waals surface area contributed by atoms with Gasteiger partial charge in [-0.15, -0.1) is 0 Å². The summed E-state index contributed by atoms with van der Waals surface area (Å²) in [7, 11) is 2.92. The molecule has 2 N–H and O–H groups in total. The predicted molar refractivity (Wildman–Crippen MR) is 86.4 cm³/mol. The topological polar surface area (TPSA) is 84.9 Å². The Morgan fingerprint density at radius 2 is 1.88 bits per heavy atom. The number of aromatic carboxylic acids is 1. The van der Waals surface area contributed by atoms with Gasteiger partial charge in [0, 0.05) is 5.92 Å². The van der Waals surface area contributed by atoms with Gasteiger partial charge in [0.15, 0.2) is 11.5 Å². The minimum Gasteiger partial charge on any atom is -0.493 e. The van der Waals surface area contributed by atoms with Gasteiger partial charge in [0.05, 0.1) is 25.5 Å². The molecule has 3 aliphatic rings. The fraction of sp³-hybridized carbons (Fsp3) is 0.556. The van der Waals surface area contributed by atoms with Crippen LogP contribution in [0.1, 0.15) is 29.6 Å². The van der Waals surface area contributed by atoms with Crippen molar-refractivity contribution in [2.45, 2.75) is 19.3 Å². The first-order valence-corrected chi connectivity index (χ1v) is 8.33. The quantitative estimate of drug-likeness (QED) is 0.866. The normalized spacial score (nSPS) is 32.2. The first kappa shape index (κ1) is 15.3. The molecule has 0 radical (unpaired) electrons. The van der Waals surface area contributed by atoms with Gasteiger partial charge in [-0.25, -0.2) is 4.79 Å². The lowest BCUT2D eigenvalue weighted by Gasteiger charge is -2.22. The van der Waals surface area contributed by atoms with Crippen molar-refractivity contribution in [3.05, 3.63) is 17.7 Å². The van der Waals surface area contributed by atoms with E-state index < -0.39 is 5.97 Å². The van der Waals surface area contributed by atoms with Crippen LogP contribution in [-0.4, -0.2) is 31.2 Å². The highest BCUT2D eigenvalue weighted by Crippen LogP contribution is 2.67. The minimum atomic E-state index is -1.08. The summed E-state index contributed by atoms with van der Waals surface area (Å²) in [6.45, 7) is 0. The Bertz CT molecular complexity index is 716. The summed E-state index contributed by atoms with van der Waals surface area (Å²) >= 11 is 0. The first-order valence-electron chi connectivity index (χ1n) is 8.33. The second-order valence-corrected chi connectivity index (χ2v) is 7.12. The van der Waals surface area contributed by atoms with E-state index in [0.717, 1.165) is 18.3 Å². The van der Waals surface area contributed by atoms with Crippen molar-refractivity contribution in [3.8, 4) is 11.5 Å². The Morgan fingerprint density at radius 1 is 1.08 bits per heavy atom. The SMILES string of the molecule is COc1cc(C(=O)O)cc(NC(=O)C2CC3CC2C2CC32)c1OC.